The first-order chi connectivity index (χ1) is 18.2. The van der Waals surface area contributed by atoms with E-state index < -0.39 is 0 Å². The molecule has 0 aliphatic heterocycles. The lowest BCUT2D eigenvalue weighted by Crippen LogP contribution is -2.34. The normalized spacial score (nSPS) is 11.6. The fraction of sp³-hybridized carbons (Fsp3) is 0.242. The van der Waals surface area contributed by atoms with Crippen LogP contribution in [0.25, 0.3) is 28.0 Å². The van der Waals surface area contributed by atoms with Gasteiger partial charge in [-0.3, -0.25) is 14.5 Å². The van der Waals surface area contributed by atoms with Crippen LogP contribution in [0.4, 0.5) is 5.82 Å². The third-order valence-electron chi connectivity index (χ3n) is 6.40. The van der Waals surface area contributed by atoms with Gasteiger partial charge in [-0.1, -0.05) is 69.3 Å². The van der Waals surface area contributed by atoms with E-state index >= 15 is 0 Å². The van der Waals surface area contributed by atoms with E-state index in [2.05, 4.69) is 62.2 Å². The van der Waals surface area contributed by atoms with Crippen LogP contribution in [-0.2, 0) is 16.1 Å². The molecule has 0 spiro atoms. The Labute approximate surface area is 224 Å². The number of allylic oxidation sites excluding steroid dienone is 1. The number of aryl methyl sites for hydroxylation is 1. The Bertz CT molecular complexity index is 1480. The standard InChI is InChI=1S/C33H34N2O3/c1-23-19-27(13-15-30(23)38-5)26-11-8-25(9-12-26)22-35(31(37)21-33(2,3)4)32-29-14-10-24(7-6-18-36)20-28(29)16-17-34-32/h6-20H,21-22H2,1-5H3. The van der Waals surface area contributed by atoms with Gasteiger partial charge in [0.2, 0.25) is 5.91 Å². The van der Waals surface area contributed by atoms with E-state index in [4.69, 9.17) is 4.74 Å². The van der Waals surface area contributed by atoms with Crippen molar-refractivity contribution in [1.82, 2.24) is 4.98 Å². The first-order valence-corrected chi connectivity index (χ1v) is 12.7. The quantitative estimate of drug-likeness (QED) is 0.185. The molecule has 0 aliphatic carbocycles. The third kappa shape index (κ3) is 6.35. The highest BCUT2D eigenvalue weighted by molar-refractivity contribution is 6.02. The van der Waals surface area contributed by atoms with Gasteiger partial charge in [0.1, 0.15) is 17.9 Å². The van der Waals surface area contributed by atoms with Crippen LogP contribution >= 0.6 is 0 Å². The Morgan fingerprint density at radius 2 is 1.71 bits per heavy atom. The van der Waals surface area contributed by atoms with Gasteiger partial charge < -0.3 is 4.74 Å². The Morgan fingerprint density at radius 1 is 0.974 bits per heavy atom. The SMILES string of the molecule is COc1ccc(-c2ccc(CN(C(=O)CC(C)(C)C)c3nccc4cc(C=CC=O)ccc34)cc2)cc1C. The molecule has 194 valence electrons. The molecular weight excluding hydrogens is 472 g/mol. The second-order valence-electron chi connectivity index (χ2n) is 10.7. The number of benzene rings is 3. The molecule has 1 heterocycles. The Hall–Kier alpha value is -4.25. The van der Waals surface area contributed by atoms with E-state index in [0.717, 1.165) is 50.6 Å². The van der Waals surface area contributed by atoms with Gasteiger partial charge in [0.15, 0.2) is 0 Å². The summed E-state index contributed by atoms with van der Waals surface area (Å²) in [5, 5.41) is 1.85. The van der Waals surface area contributed by atoms with Crippen molar-refractivity contribution in [3.8, 4) is 16.9 Å². The molecule has 0 N–H and O–H groups in total. The summed E-state index contributed by atoms with van der Waals surface area (Å²) in [5.41, 5.74) is 5.07. The number of carbonyl (C=O) groups excluding carboxylic acids is 2. The molecule has 0 fully saturated rings. The second-order valence-corrected chi connectivity index (χ2v) is 10.7. The number of anilines is 1. The zero-order chi connectivity index (χ0) is 27.3. The maximum Gasteiger partial charge on any atom is 0.229 e. The zero-order valence-corrected chi connectivity index (χ0v) is 22.7. The van der Waals surface area contributed by atoms with E-state index in [9.17, 15) is 9.59 Å². The van der Waals surface area contributed by atoms with Crippen LogP contribution in [0, 0.1) is 12.3 Å². The van der Waals surface area contributed by atoms with Crippen LogP contribution < -0.4 is 9.64 Å². The number of amides is 1. The molecule has 5 nitrogen and oxygen atoms in total. The Morgan fingerprint density at radius 3 is 2.37 bits per heavy atom. The smallest absolute Gasteiger partial charge is 0.229 e. The van der Waals surface area contributed by atoms with E-state index in [1.54, 1.807) is 24.3 Å². The molecule has 5 heteroatoms. The van der Waals surface area contributed by atoms with Gasteiger partial charge in [-0.25, -0.2) is 4.98 Å². The number of aromatic nitrogens is 1. The summed E-state index contributed by atoms with van der Waals surface area (Å²) in [6.45, 7) is 8.65. The summed E-state index contributed by atoms with van der Waals surface area (Å²) in [4.78, 5) is 30.8. The summed E-state index contributed by atoms with van der Waals surface area (Å²) in [5.74, 6) is 1.53. The van der Waals surface area contributed by atoms with E-state index in [1.165, 1.54) is 6.08 Å². The van der Waals surface area contributed by atoms with Crippen LogP contribution in [0.1, 0.15) is 43.9 Å². The minimum absolute atomic E-state index is 0.0253. The number of carbonyl (C=O) groups is 2. The summed E-state index contributed by atoms with van der Waals surface area (Å²) in [6.07, 6.45) is 6.13. The summed E-state index contributed by atoms with van der Waals surface area (Å²) in [6, 6.07) is 22.3. The number of rotatable bonds is 8. The van der Waals surface area contributed by atoms with Crippen molar-refractivity contribution < 1.29 is 14.3 Å². The lowest BCUT2D eigenvalue weighted by atomic mass is 9.91. The molecule has 0 saturated heterocycles. The molecule has 0 saturated carbocycles. The highest BCUT2D eigenvalue weighted by Gasteiger charge is 2.25. The molecule has 1 aromatic heterocycles. The molecule has 3 aromatic carbocycles. The minimum Gasteiger partial charge on any atom is -0.496 e. The second kappa shape index (κ2) is 11.4. The maximum atomic E-state index is 13.6. The first kappa shape index (κ1) is 26.8. The van der Waals surface area contributed by atoms with Gasteiger partial charge in [0.25, 0.3) is 0 Å². The Kier molecular flexibility index (Phi) is 8.06. The molecule has 4 aromatic rings. The van der Waals surface area contributed by atoms with Gasteiger partial charge >= 0.3 is 0 Å². The van der Waals surface area contributed by atoms with Crippen molar-refractivity contribution in [1.29, 1.82) is 0 Å². The van der Waals surface area contributed by atoms with Crippen LogP contribution in [0.2, 0.25) is 0 Å². The van der Waals surface area contributed by atoms with Crippen molar-refractivity contribution in [3.05, 3.63) is 95.7 Å². The molecule has 38 heavy (non-hydrogen) atoms. The van der Waals surface area contributed by atoms with Crippen molar-refractivity contribution in [3.63, 3.8) is 0 Å². The predicted molar refractivity (Wildman–Crippen MR) is 155 cm³/mol. The number of hydrogen-bond donors (Lipinski definition) is 0. The maximum absolute atomic E-state index is 13.6. The van der Waals surface area contributed by atoms with Crippen LogP contribution in [0.3, 0.4) is 0 Å². The number of fused-ring (bicyclic) bond motifs is 1. The van der Waals surface area contributed by atoms with Crippen molar-refractivity contribution in [2.24, 2.45) is 5.41 Å². The topological polar surface area (TPSA) is 59.5 Å². The average Bonchev–Trinajstić information content (AvgIpc) is 2.89. The molecule has 0 radical (unpaired) electrons. The molecule has 0 bridgehead atoms. The molecule has 1 amide bonds. The number of aldehydes is 1. The largest absolute Gasteiger partial charge is 0.496 e. The highest BCUT2D eigenvalue weighted by atomic mass is 16.5. The van der Waals surface area contributed by atoms with Crippen molar-refractivity contribution in [2.45, 2.75) is 40.7 Å². The summed E-state index contributed by atoms with van der Waals surface area (Å²) < 4.78 is 5.39. The average molecular weight is 507 g/mol. The van der Waals surface area contributed by atoms with Crippen molar-refractivity contribution >= 4 is 34.9 Å². The number of methoxy groups -OCH3 is 1. The first-order valence-electron chi connectivity index (χ1n) is 12.7. The lowest BCUT2D eigenvalue weighted by molar-refractivity contribution is -0.120. The van der Waals surface area contributed by atoms with Crippen molar-refractivity contribution in [2.75, 3.05) is 12.0 Å². The van der Waals surface area contributed by atoms with Crippen LogP contribution in [0.5, 0.6) is 5.75 Å². The molecule has 0 unspecified atom stereocenters. The zero-order valence-electron chi connectivity index (χ0n) is 22.7. The van der Waals surface area contributed by atoms with Crippen LogP contribution in [0.15, 0.2) is 79.0 Å². The summed E-state index contributed by atoms with van der Waals surface area (Å²) in [7, 11) is 1.68. The Balaban J connectivity index is 1.69. The minimum atomic E-state index is -0.164. The summed E-state index contributed by atoms with van der Waals surface area (Å²) >= 11 is 0. The number of nitrogens with zero attached hydrogens (tertiary/aromatic N) is 2. The number of ether oxygens (including phenoxy) is 1. The van der Waals surface area contributed by atoms with Gasteiger partial charge in [-0.05, 0) is 75.9 Å². The fourth-order valence-electron chi connectivity index (χ4n) is 4.52. The molecular formula is C33H34N2O3. The van der Waals surface area contributed by atoms with Gasteiger partial charge in [-0.15, -0.1) is 0 Å². The fourth-order valence-corrected chi connectivity index (χ4v) is 4.52. The van der Waals surface area contributed by atoms with E-state index in [1.807, 2.05) is 37.3 Å². The van der Waals surface area contributed by atoms with Crippen LogP contribution in [-0.4, -0.2) is 24.3 Å². The highest BCUT2D eigenvalue weighted by Crippen LogP contribution is 2.31. The van der Waals surface area contributed by atoms with E-state index in [0.29, 0.717) is 18.8 Å². The number of hydrogen-bond acceptors (Lipinski definition) is 4. The number of pyridine rings is 1. The van der Waals surface area contributed by atoms with E-state index in [-0.39, 0.29) is 11.3 Å². The van der Waals surface area contributed by atoms with Gasteiger partial charge in [0, 0.05) is 18.0 Å². The predicted octanol–water partition coefficient (Wildman–Crippen LogP) is 7.40. The third-order valence-corrected chi connectivity index (χ3v) is 6.40. The molecule has 0 atom stereocenters. The van der Waals surface area contributed by atoms with Gasteiger partial charge in [-0.2, -0.15) is 0 Å². The monoisotopic (exact) mass is 506 g/mol. The molecule has 0 aliphatic rings. The molecule has 4 rings (SSSR count). The van der Waals surface area contributed by atoms with Gasteiger partial charge in [0.05, 0.1) is 13.7 Å². The lowest BCUT2D eigenvalue weighted by Gasteiger charge is -2.27.